The van der Waals surface area contributed by atoms with Crippen LogP contribution in [0.1, 0.15) is 13.3 Å². The molecule has 4 heteroatoms. The predicted molar refractivity (Wildman–Crippen MR) is 33.5 cm³/mol. The molecule has 0 aromatic carbocycles. The summed E-state index contributed by atoms with van der Waals surface area (Å²) in [6.07, 6.45) is -4.08. The summed E-state index contributed by atoms with van der Waals surface area (Å²) in [5, 5.41) is 0. The average Bonchev–Trinajstić information content (AvgIpc) is 1.83. The Balaban J connectivity index is 4.08. The van der Waals surface area contributed by atoms with Gasteiger partial charge >= 0.3 is 6.18 Å². The van der Waals surface area contributed by atoms with Gasteiger partial charge in [-0.3, -0.25) is 0 Å². The van der Waals surface area contributed by atoms with Crippen LogP contribution < -0.4 is 5.73 Å². The van der Waals surface area contributed by atoms with Crippen LogP contribution in [0.2, 0.25) is 0 Å². The zero-order chi connectivity index (χ0) is 8.36. The highest BCUT2D eigenvalue weighted by molar-refractivity contribution is 5.06. The lowest BCUT2D eigenvalue weighted by molar-refractivity contribution is -0.139. The molecule has 10 heavy (non-hydrogen) atoms. The first-order valence-corrected chi connectivity index (χ1v) is 2.89. The molecule has 1 nitrogen and oxygen atoms in total. The van der Waals surface area contributed by atoms with Gasteiger partial charge in [0.1, 0.15) is 6.04 Å². The molecule has 0 amide bonds. The van der Waals surface area contributed by atoms with Gasteiger partial charge in [-0.05, 0) is 6.42 Å². The van der Waals surface area contributed by atoms with Gasteiger partial charge in [0.2, 0.25) is 0 Å². The second-order valence-electron chi connectivity index (χ2n) is 2.03. The normalized spacial score (nSPS) is 14.9. The van der Waals surface area contributed by atoms with Gasteiger partial charge in [0.05, 0.1) is 0 Å². The molecule has 0 aliphatic heterocycles. The molecule has 0 aromatic heterocycles. The first-order valence-electron chi connectivity index (χ1n) is 2.89. The number of alkyl halides is 3. The number of hydrogen-bond donors (Lipinski definition) is 1. The van der Waals surface area contributed by atoms with Crippen molar-refractivity contribution < 1.29 is 13.2 Å². The highest BCUT2D eigenvalue weighted by Gasteiger charge is 2.37. The SMILES string of the molecule is C=C(CC)C(N)C(F)(F)F. The van der Waals surface area contributed by atoms with Crippen molar-refractivity contribution in [1.82, 2.24) is 0 Å². The highest BCUT2D eigenvalue weighted by atomic mass is 19.4. The van der Waals surface area contributed by atoms with Crippen LogP contribution in [0.15, 0.2) is 12.2 Å². The third-order valence-corrected chi connectivity index (χ3v) is 1.25. The van der Waals surface area contributed by atoms with Crippen LogP contribution in [0.4, 0.5) is 13.2 Å². The van der Waals surface area contributed by atoms with E-state index in [0.29, 0.717) is 0 Å². The topological polar surface area (TPSA) is 26.0 Å². The standard InChI is InChI=1S/C6H10F3N/c1-3-4(2)5(10)6(7,8)9/h5H,2-3,10H2,1H3. The number of hydrogen-bond acceptors (Lipinski definition) is 1. The van der Waals surface area contributed by atoms with E-state index in [1.807, 2.05) is 0 Å². The number of halogens is 3. The minimum Gasteiger partial charge on any atom is -0.317 e. The summed E-state index contributed by atoms with van der Waals surface area (Å²) in [6.45, 7) is 4.79. The van der Waals surface area contributed by atoms with Crippen LogP contribution in [0.25, 0.3) is 0 Å². The van der Waals surface area contributed by atoms with E-state index in [2.05, 4.69) is 6.58 Å². The molecule has 2 N–H and O–H groups in total. The maximum atomic E-state index is 11.7. The Bertz CT molecular complexity index is 127. The van der Waals surface area contributed by atoms with Crippen LogP contribution in [-0.4, -0.2) is 12.2 Å². The van der Waals surface area contributed by atoms with E-state index in [4.69, 9.17) is 5.73 Å². The fourth-order valence-corrected chi connectivity index (χ4v) is 0.451. The molecule has 1 unspecified atom stereocenters. The number of rotatable bonds is 2. The molecule has 0 radical (unpaired) electrons. The molecule has 60 valence electrons. The molecule has 0 aliphatic rings. The van der Waals surface area contributed by atoms with Crippen molar-refractivity contribution in [2.45, 2.75) is 25.6 Å². The molecular formula is C6H10F3N. The third-order valence-electron chi connectivity index (χ3n) is 1.25. The minimum absolute atomic E-state index is 0.0208. The van der Waals surface area contributed by atoms with Crippen molar-refractivity contribution in [3.05, 3.63) is 12.2 Å². The van der Waals surface area contributed by atoms with E-state index in [-0.39, 0.29) is 12.0 Å². The summed E-state index contributed by atoms with van der Waals surface area (Å²) >= 11 is 0. The zero-order valence-electron chi connectivity index (χ0n) is 5.70. The zero-order valence-corrected chi connectivity index (χ0v) is 5.70. The summed E-state index contributed by atoms with van der Waals surface area (Å²) in [6, 6.07) is -1.86. The number of nitrogens with two attached hydrogens (primary N) is 1. The molecule has 0 aromatic rings. The van der Waals surface area contributed by atoms with E-state index >= 15 is 0 Å². The van der Waals surface area contributed by atoms with Crippen LogP contribution >= 0.6 is 0 Å². The van der Waals surface area contributed by atoms with Crippen LogP contribution in [0.5, 0.6) is 0 Å². The fraction of sp³-hybridized carbons (Fsp3) is 0.667. The Hall–Kier alpha value is -0.510. The van der Waals surface area contributed by atoms with Gasteiger partial charge in [0.15, 0.2) is 0 Å². The molecule has 1 atom stereocenters. The van der Waals surface area contributed by atoms with Crippen LogP contribution in [0.3, 0.4) is 0 Å². The van der Waals surface area contributed by atoms with Gasteiger partial charge in [-0.2, -0.15) is 13.2 Å². The van der Waals surface area contributed by atoms with E-state index in [1.54, 1.807) is 6.92 Å². The van der Waals surface area contributed by atoms with Crippen molar-refractivity contribution in [2.75, 3.05) is 0 Å². The van der Waals surface area contributed by atoms with Crippen molar-refractivity contribution in [3.8, 4) is 0 Å². The molecule has 0 saturated heterocycles. The first kappa shape index (κ1) is 9.49. The van der Waals surface area contributed by atoms with E-state index < -0.39 is 12.2 Å². The highest BCUT2D eigenvalue weighted by Crippen LogP contribution is 2.23. The Labute approximate surface area is 57.7 Å². The summed E-state index contributed by atoms with van der Waals surface area (Å²) < 4.78 is 35.1. The third kappa shape index (κ3) is 2.39. The predicted octanol–water partition coefficient (Wildman–Crippen LogP) is 1.84. The maximum Gasteiger partial charge on any atom is 0.407 e. The second kappa shape index (κ2) is 3.05. The molecule has 0 aliphatic carbocycles. The summed E-state index contributed by atoms with van der Waals surface area (Å²) in [5.41, 5.74) is 4.80. The van der Waals surface area contributed by atoms with Crippen LogP contribution in [0, 0.1) is 0 Å². The Kier molecular flexibility index (Phi) is 2.90. The summed E-state index contributed by atoms with van der Waals surface area (Å²) in [4.78, 5) is 0. The lowest BCUT2D eigenvalue weighted by atomic mass is 10.1. The van der Waals surface area contributed by atoms with Gasteiger partial charge in [0, 0.05) is 0 Å². The van der Waals surface area contributed by atoms with E-state index in [9.17, 15) is 13.2 Å². The largest absolute Gasteiger partial charge is 0.407 e. The Morgan fingerprint density at radius 3 is 2.10 bits per heavy atom. The van der Waals surface area contributed by atoms with Gasteiger partial charge in [-0.1, -0.05) is 19.1 Å². The van der Waals surface area contributed by atoms with Crippen LogP contribution in [-0.2, 0) is 0 Å². The lowest BCUT2D eigenvalue weighted by Gasteiger charge is -2.16. The van der Waals surface area contributed by atoms with Crippen molar-refractivity contribution in [3.63, 3.8) is 0 Å². The van der Waals surface area contributed by atoms with Gasteiger partial charge in [0.25, 0.3) is 0 Å². The second-order valence-corrected chi connectivity index (χ2v) is 2.03. The van der Waals surface area contributed by atoms with Gasteiger partial charge in [-0.25, -0.2) is 0 Å². The lowest BCUT2D eigenvalue weighted by Crippen LogP contribution is -2.38. The molecular weight excluding hydrogens is 143 g/mol. The minimum atomic E-state index is -4.34. The molecule has 0 fully saturated rings. The summed E-state index contributed by atoms with van der Waals surface area (Å²) in [5.74, 6) is 0. The van der Waals surface area contributed by atoms with Crippen molar-refractivity contribution in [2.24, 2.45) is 5.73 Å². The Morgan fingerprint density at radius 2 is 2.00 bits per heavy atom. The molecule has 0 heterocycles. The quantitative estimate of drug-likeness (QED) is 0.602. The van der Waals surface area contributed by atoms with E-state index in [0.717, 1.165) is 0 Å². The maximum absolute atomic E-state index is 11.7. The fourth-order valence-electron chi connectivity index (χ4n) is 0.451. The average molecular weight is 153 g/mol. The van der Waals surface area contributed by atoms with Crippen molar-refractivity contribution in [1.29, 1.82) is 0 Å². The summed E-state index contributed by atoms with van der Waals surface area (Å²) in [7, 11) is 0. The smallest absolute Gasteiger partial charge is 0.317 e. The van der Waals surface area contributed by atoms with Gasteiger partial charge in [-0.15, -0.1) is 0 Å². The molecule has 0 spiro atoms. The van der Waals surface area contributed by atoms with E-state index in [1.165, 1.54) is 0 Å². The Morgan fingerprint density at radius 1 is 1.60 bits per heavy atom. The van der Waals surface area contributed by atoms with Crippen molar-refractivity contribution >= 4 is 0 Å². The molecule has 0 rings (SSSR count). The van der Waals surface area contributed by atoms with Gasteiger partial charge < -0.3 is 5.73 Å². The monoisotopic (exact) mass is 153 g/mol. The molecule has 0 bridgehead atoms. The molecule has 0 saturated carbocycles. The first-order chi connectivity index (χ1) is 4.39.